The molecule has 3 aromatic carbocycles. The molecule has 0 saturated heterocycles. The van der Waals surface area contributed by atoms with Crippen LogP contribution in [-0.4, -0.2) is 35.1 Å². The number of nitrogens with zero attached hydrogens (tertiary/aromatic N) is 1. The van der Waals surface area contributed by atoms with Gasteiger partial charge in [-0.05, 0) is 42.5 Å². The second kappa shape index (κ2) is 13.7. The van der Waals surface area contributed by atoms with Crippen LogP contribution in [0.5, 0.6) is 0 Å². The van der Waals surface area contributed by atoms with Crippen LogP contribution in [0.1, 0.15) is 41.2 Å². The highest BCUT2D eigenvalue weighted by atomic mass is 32.2. The summed E-state index contributed by atoms with van der Waals surface area (Å²) in [5, 5.41) is 3.03. The van der Waals surface area contributed by atoms with Gasteiger partial charge in [-0.25, -0.2) is 0 Å². The predicted octanol–water partition coefficient (Wildman–Crippen LogP) is 5.70. The van der Waals surface area contributed by atoms with E-state index in [0.717, 1.165) is 23.3 Å². The van der Waals surface area contributed by atoms with Crippen molar-refractivity contribution in [2.24, 2.45) is 0 Å². The van der Waals surface area contributed by atoms with Gasteiger partial charge in [-0.3, -0.25) is 9.59 Å². The number of rotatable bonds is 12. The van der Waals surface area contributed by atoms with Gasteiger partial charge in [0.1, 0.15) is 6.04 Å². The molecule has 3 aromatic rings. The lowest BCUT2D eigenvalue weighted by Gasteiger charge is -2.31. The smallest absolute Gasteiger partial charge is 0.243 e. The lowest BCUT2D eigenvalue weighted by atomic mass is 10.0. The van der Waals surface area contributed by atoms with E-state index in [1.54, 1.807) is 16.7 Å². The van der Waals surface area contributed by atoms with Gasteiger partial charge in [-0.1, -0.05) is 91.3 Å². The molecule has 3 rings (SSSR count). The van der Waals surface area contributed by atoms with Gasteiger partial charge in [0.25, 0.3) is 0 Å². The monoisotopic (exact) mass is 488 g/mol. The Kier molecular flexibility index (Phi) is 10.4. The fourth-order valence-corrected chi connectivity index (χ4v) is 4.90. The van der Waals surface area contributed by atoms with Crippen LogP contribution >= 0.6 is 11.8 Å². The quantitative estimate of drug-likeness (QED) is 0.356. The summed E-state index contributed by atoms with van der Waals surface area (Å²) in [7, 11) is 0. The Hall–Kier alpha value is -3.05. The zero-order chi connectivity index (χ0) is 25.0. The van der Waals surface area contributed by atoms with Gasteiger partial charge in [-0.2, -0.15) is 0 Å². The molecule has 5 heteroatoms. The second-order valence-electron chi connectivity index (χ2n) is 8.92. The molecule has 0 aliphatic carbocycles. The van der Waals surface area contributed by atoms with Gasteiger partial charge >= 0.3 is 0 Å². The number of hydrogen-bond acceptors (Lipinski definition) is 3. The van der Waals surface area contributed by atoms with Crippen molar-refractivity contribution in [3.63, 3.8) is 0 Å². The molecule has 0 spiro atoms. The van der Waals surface area contributed by atoms with Crippen molar-refractivity contribution in [2.75, 3.05) is 12.3 Å². The molecule has 0 saturated carbocycles. The van der Waals surface area contributed by atoms with Gasteiger partial charge in [-0.15, -0.1) is 11.8 Å². The molecule has 0 heterocycles. The summed E-state index contributed by atoms with van der Waals surface area (Å²) < 4.78 is 0. The van der Waals surface area contributed by atoms with Crippen molar-refractivity contribution in [1.29, 1.82) is 0 Å². The zero-order valence-electron chi connectivity index (χ0n) is 21.0. The summed E-state index contributed by atoms with van der Waals surface area (Å²) >= 11 is 1.60. The van der Waals surface area contributed by atoms with Gasteiger partial charge in [0.15, 0.2) is 0 Å². The Labute approximate surface area is 214 Å². The molecular formula is C30H36N2O2S. The number of hydrogen-bond donors (Lipinski definition) is 1. The first-order valence-electron chi connectivity index (χ1n) is 12.3. The van der Waals surface area contributed by atoms with E-state index in [1.807, 2.05) is 80.6 Å². The molecule has 1 atom stereocenters. The van der Waals surface area contributed by atoms with E-state index in [-0.39, 0.29) is 11.8 Å². The van der Waals surface area contributed by atoms with Crippen molar-refractivity contribution in [3.8, 4) is 0 Å². The molecule has 0 bridgehead atoms. The second-order valence-corrected chi connectivity index (χ2v) is 9.91. The van der Waals surface area contributed by atoms with Crippen LogP contribution in [0.25, 0.3) is 0 Å². The molecule has 35 heavy (non-hydrogen) atoms. The Morgan fingerprint density at radius 2 is 1.57 bits per heavy atom. The maximum absolute atomic E-state index is 13.6. The number of benzene rings is 3. The number of nitrogens with one attached hydrogen (secondary N) is 1. The lowest BCUT2D eigenvalue weighted by molar-refractivity contribution is -0.139. The molecule has 0 aromatic heterocycles. The molecule has 1 N–H and O–H groups in total. The molecule has 2 amide bonds. The molecule has 0 radical (unpaired) electrons. The first kappa shape index (κ1) is 26.6. The number of carbonyl (C=O) groups excluding carboxylic acids is 2. The first-order chi connectivity index (χ1) is 17.0. The average molecular weight is 489 g/mol. The van der Waals surface area contributed by atoms with Crippen LogP contribution < -0.4 is 5.32 Å². The highest BCUT2D eigenvalue weighted by Crippen LogP contribution is 2.20. The molecule has 0 unspecified atom stereocenters. The Balaban J connectivity index is 1.83. The minimum Gasteiger partial charge on any atom is -0.354 e. The van der Waals surface area contributed by atoms with E-state index < -0.39 is 6.04 Å². The van der Waals surface area contributed by atoms with Crippen molar-refractivity contribution in [3.05, 3.63) is 107 Å². The summed E-state index contributed by atoms with van der Waals surface area (Å²) in [6.45, 7) is 7.17. The summed E-state index contributed by atoms with van der Waals surface area (Å²) in [5.41, 5.74) is 5.69. The third kappa shape index (κ3) is 8.29. The maximum atomic E-state index is 13.6. The minimum atomic E-state index is -0.572. The highest BCUT2D eigenvalue weighted by Gasteiger charge is 2.30. The highest BCUT2D eigenvalue weighted by molar-refractivity contribution is 7.99. The van der Waals surface area contributed by atoms with Crippen LogP contribution in [0.2, 0.25) is 0 Å². The van der Waals surface area contributed by atoms with Gasteiger partial charge in [0.05, 0.1) is 5.75 Å². The van der Waals surface area contributed by atoms with E-state index in [2.05, 4.69) is 24.4 Å². The maximum Gasteiger partial charge on any atom is 0.243 e. The standard InChI is InChI=1S/C30H36N2O2S/c1-4-18-31-30(34)28(19-25-11-6-5-7-12-25)32(20-26-16-14-23(2)15-17-26)29(33)22-35-21-27-13-9-8-10-24(27)3/h5-17,28H,4,18-22H2,1-3H3,(H,31,34)/t28-/m0/s1. The molecule has 4 nitrogen and oxygen atoms in total. The van der Waals surface area contributed by atoms with Crippen molar-refractivity contribution in [1.82, 2.24) is 10.2 Å². The first-order valence-corrected chi connectivity index (χ1v) is 13.4. The Morgan fingerprint density at radius 3 is 2.26 bits per heavy atom. The van der Waals surface area contributed by atoms with Gasteiger partial charge in [0.2, 0.25) is 11.8 Å². The third-order valence-corrected chi connectivity index (χ3v) is 7.00. The summed E-state index contributed by atoms with van der Waals surface area (Å²) in [6, 6.07) is 25.8. The number of aryl methyl sites for hydroxylation is 2. The van der Waals surface area contributed by atoms with Crippen LogP contribution in [0.3, 0.4) is 0 Å². The third-order valence-electron chi connectivity index (χ3n) is 6.04. The fraction of sp³-hybridized carbons (Fsp3) is 0.333. The Bertz CT molecular complexity index is 1080. The summed E-state index contributed by atoms with van der Waals surface area (Å²) in [6.07, 6.45) is 1.33. The van der Waals surface area contributed by atoms with Crippen molar-refractivity contribution in [2.45, 2.75) is 52.0 Å². The summed E-state index contributed by atoms with van der Waals surface area (Å²) in [4.78, 5) is 28.7. The van der Waals surface area contributed by atoms with Gasteiger partial charge in [0, 0.05) is 25.3 Å². The van der Waals surface area contributed by atoms with E-state index in [1.165, 1.54) is 16.7 Å². The molecule has 184 valence electrons. The number of carbonyl (C=O) groups is 2. The van der Waals surface area contributed by atoms with Crippen LogP contribution in [0.4, 0.5) is 0 Å². The largest absolute Gasteiger partial charge is 0.354 e. The van der Waals surface area contributed by atoms with Crippen LogP contribution in [0.15, 0.2) is 78.9 Å². The topological polar surface area (TPSA) is 49.4 Å². The van der Waals surface area contributed by atoms with Crippen molar-refractivity contribution < 1.29 is 9.59 Å². The Morgan fingerprint density at radius 1 is 0.886 bits per heavy atom. The van der Waals surface area contributed by atoms with E-state index in [9.17, 15) is 9.59 Å². The molecule has 0 aliphatic rings. The normalized spacial score (nSPS) is 11.6. The average Bonchev–Trinajstić information content (AvgIpc) is 2.87. The minimum absolute atomic E-state index is 0.0169. The van der Waals surface area contributed by atoms with Crippen LogP contribution in [0, 0.1) is 13.8 Å². The lowest BCUT2D eigenvalue weighted by Crippen LogP contribution is -2.51. The molecular weight excluding hydrogens is 452 g/mol. The van der Waals surface area contributed by atoms with E-state index in [4.69, 9.17) is 0 Å². The van der Waals surface area contributed by atoms with Crippen molar-refractivity contribution >= 4 is 23.6 Å². The molecule has 0 aliphatic heterocycles. The zero-order valence-corrected chi connectivity index (χ0v) is 21.8. The summed E-state index contributed by atoms with van der Waals surface area (Å²) in [5.74, 6) is 0.978. The van der Waals surface area contributed by atoms with Gasteiger partial charge < -0.3 is 10.2 Å². The predicted molar refractivity (Wildman–Crippen MR) is 146 cm³/mol. The fourth-order valence-electron chi connectivity index (χ4n) is 3.91. The number of thioether (sulfide) groups is 1. The van der Waals surface area contributed by atoms with E-state index >= 15 is 0 Å². The SMILES string of the molecule is CCCNC(=O)[C@H](Cc1ccccc1)N(Cc1ccc(C)cc1)C(=O)CSCc1ccccc1C. The van der Waals surface area contributed by atoms with E-state index in [0.29, 0.717) is 25.3 Å². The number of amides is 2. The molecule has 0 fully saturated rings. The van der Waals surface area contributed by atoms with Crippen LogP contribution in [-0.2, 0) is 28.3 Å².